The Kier molecular flexibility index (Phi) is 2.62. The number of nitriles is 1. The normalized spacial score (nSPS) is 11.1. The highest BCUT2D eigenvalue weighted by Gasteiger charge is 2.12. The number of aliphatic imine (C=N–C) groups is 1. The summed E-state index contributed by atoms with van der Waals surface area (Å²) in [6.07, 6.45) is 1.46. The van der Waals surface area contributed by atoms with Gasteiger partial charge in [-0.2, -0.15) is 5.26 Å². The van der Waals surface area contributed by atoms with Crippen molar-refractivity contribution >= 4 is 17.4 Å². The van der Waals surface area contributed by atoms with E-state index in [-0.39, 0.29) is 11.4 Å². The van der Waals surface area contributed by atoms with Crippen LogP contribution in [0, 0.1) is 11.3 Å². The van der Waals surface area contributed by atoms with E-state index in [1.807, 2.05) is 0 Å². The molecule has 0 spiro atoms. The third-order valence-electron chi connectivity index (χ3n) is 1.58. The van der Waals surface area contributed by atoms with Gasteiger partial charge in [-0.1, -0.05) is 0 Å². The SMILES string of the molecule is CC(=O)N=C(C#N)c1ncn(C)c1N. The maximum atomic E-state index is 10.7. The maximum absolute atomic E-state index is 10.7. The van der Waals surface area contributed by atoms with E-state index in [2.05, 4.69) is 9.98 Å². The number of nitrogens with zero attached hydrogens (tertiary/aromatic N) is 4. The van der Waals surface area contributed by atoms with E-state index in [1.54, 1.807) is 17.7 Å². The van der Waals surface area contributed by atoms with Crippen molar-refractivity contribution in [1.29, 1.82) is 5.26 Å². The Morgan fingerprint density at radius 2 is 2.43 bits per heavy atom. The van der Waals surface area contributed by atoms with E-state index in [0.29, 0.717) is 5.82 Å². The molecule has 1 aromatic rings. The summed E-state index contributed by atoms with van der Waals surface area (Å²) in [7, 11) is 1.69. The lowest BCUT2D eigenvalue weighted by Gasteiger charge is -1.95. The molecule has 0 aromatic carbocycles. The number of aromatic nitrogens is 2. The predicted octanol–water partition coefficient (Wildman–Crippen LogP) is -0.139. The summed E-state index contributed by atoms with van der Waals surface area (Å²) >= 11 is 0. The summed E-state index contributed by atoms with van der Waals surface area (Å²) in [4.78, 5) is 18.1. The van der Waals surface area contributed by atoms with Crippen LogP contribution in [0.1, 0.15) is 12.6 Å². The van der Waals surface area contributed by atoms with Crippen LogP contribution in [0.5, 0.6) is 0 Å². The number of hydrogen-bond acceptors (Lipinski definition) is 4. The Morgan fingerprint density at radius 3 is 2.79 bits per heavy atom. The summed E-state index contributed by atoms with van der Waals surface area (Å²) in [6.45, 7) is 1.26. The van der Waals surface area contributed by atoms with Crippen molar-refractivity contribution in [3.05, 3.63) is 12.0 Å². The fourth-order valence-corrected chi connectivity index (χ4v) is 0.911. The van der Waals surface area contributed by atoms with Crippen LogP contribution in [-0.4, -0.2) is 21.2 Å². The molecule has 1 rings (SSSR count). The molecular formula is C8H9N5O. The Bertz CT molecular complexity index is 437. The predicted molar refractivity (Wildman–Crippen MR) is 50.5 cm³/mol. The summed E-state index contributed by atoms with van der Waals surface area (Å²) in [5, 5.41) is 8.72. The van der Waals surface area contributed by atoms with Crippen LogP contribution < -0.4 is 5.73 Å². The lowest BCUT2D eigenvalue weighted by molar-refractivity contribution is -0.115. The van der Waals surface area contributed by atoms with E-state index in [9.17, 15) is 4.79 Å². The Morgan fingerprint density at radius 1 is 1.79 bits per heavy atom. The molecule has 1 heterocycles. The summed E-state index contributed by atoms with van der Waals surface area (Å²) < 4.78 is 1.54. The van der Waals surface area contributed by atoms with Gasteiger partial charge < -0.3 is 10.3 Å². The number of carbonyl (C=O) groups excluding carboxylic acids is 1. The molecule has 0 aliphatic rings. The molecule has 0 saturated heterocycles. The summed E-state index contributed by atoms with van der Waals surface area (Å²) in [5.74, 6) is -0.141. The van der Waals surface area contributed by atoms with Gasteiger partial charge in [-0.15, -0.1) is 0 Å². The second-order valence-corrected chi connectivity index (χ2v) is 2.68. The first-order valence-corrected chi connectivity index (χ1v) is 3.82. The second kappa shape index (κ2) is 3.70. The van der Waals surface area contributed by atoms with E-state index < -0.39 is 5.91 Å². The van der Waals surface area contributed by atoms with Crippen LogP contribution in [0.2, 0.25) is 0 Å². The molecule has 6 nitrogen and oxygen atoms in total. The Hall–Kier alpha value is -2.16. The largest absolute Gasteiger partial charge is 0.383 e. The smallest absolute Gasteiger partial charge is 0.243 e. The Labute approximate surface area is 80.7 Å². The molecule has 1 amide bonds. The van der Waals surface area contributed by atoms with Gasteiger partial charge in [0, 0.05) is 14.0 Å². The number of anilines is 1. The molecule has 0 bridgehead atoms. The summed E-state index contributed by atoms with van der Waals surface area (Å²) in [6, 6.07) is 1.78. The third-order valence-corrected chi connectivity index (χ3v) is 1.58. The van der Waals surface area contributed by atoms with Crippen molar-refractivity contribution in [3.8, 4) is 6.07 Å². The van der Waals surface area contributed by atoms with Crippen molar-refractivity contribution in [2.24, 2.45) is 12.0 Å². The van der Waals surface area contributed by atoms with Gasteiger partial charge in [0.2, 0.25) is 5.91 Å². The van der Waals surface area contributed by atoms with Gasteiger partial charge in [0.1, 0.15) is 17.6 Å². The highest BCUT2D eigenvalue weighted by atomic mass is 16.1. The van der Waals surface area contributed by atoms with Gasteiger partial charge in [0.05, 0.1) is 6.33 Å². The molecule has 6 heteroatoms. The summed E-state index contributed by atoms with van der Waals surface area (Å²) in [5.41, 5.74) is 5.79. The molecule has 0 aliphatic carbocycles. The van der Waals surface area contributed by atoms with E-state index >= 15 is 0 Å². The minimum Gasteiger partial charge on any atom is -0.383 e. The fraction of sp³-hybridized carbons (Fsp3) is 0.250. The number of nitrogen functional groups attached to an aromatic ring is 1. The maximum Gasteiger partial charge on any atom is 0.243 e. The van der Waals surface area contributed by atoms with Gasteiger partial charge in [-0.25, -0.2) is 9.98 Å². The fourth-order valence-electron chi connectivity index (χ4n) is 0.911. The number of imidazole rings is 1. The van der Waals surface area contributed by atoms with Crippen LogP contribution in [0.25, 0.3) is 0 Å². The van der Waals surface area contributed by atoms with Gasteiger partial charge in [-0.05, 0) is 0 Å². The number of carbonyl (C=O) groups is 1. The molecular weight excluding hydrogens is 182 g/mol. The Balaban J connectivity index is 3.22. The lowest BCUT2D eigenvalue weighted by atomic mass is 10.3. The van der Waals surface area contributed by atoms with Crippen LogP contribution in [0.4, 0.5) is 5.82 Å². The minimum atomic E-state index is -0.452. The van der Waals surface area contributed by atoms with Crippen molar-refractivity contribution in [2.75, 3.05) is 5.73 Å². The number of rotatable bonds is 1. The van der Waals surface area contributed by atoms with Crippen LogP contribution in [0.15, 0.2) is 11.3 Å². The van der Waals surface area contributed by atoms with Gasteiger partial charge >= 0.3 is 0 Å². The second-order valence-electron chi connectivity index (χ2n) is 2.68. The monoisotopic (exact) mass is 191 g/mol. The van der Waals surface area contributed by atoms with Crippen LogP contribution in [-0.2, 0) is 11.8 Å². The topological polar surface area (TPSA) is 97.1 Å². The zero-order chi connectivity index (χ0) is 10.7. The van der Waals surface area contributed by atoms with Crippen LogP contribution >= 0.6 is 0 Å². The molecule has 0 aliphatic heterocycles. The van der Waals surface area contributed by atoms with E-state index in [1.165, 1.54) is 13.3 Å². The third kappa shape index (κ3) is 1.77. The highest BCUT2D eigenvalue weighted by Crippen LogP contribution is 2.09. The zero-order valence-electron chi connectivity index (χ0n) is 7.85. The number of amides is 1. The molecule has 2 N–H and O–H groups in total. The van der Waals surface area contributed by atoms with Gasteiger partial charge in [0.15, 0.2) is 5.71 Å². The molecule has 0 saturated carbocycles. The molecule has 72 valence electrons. The standard InChI is InChI=1S/C8H9N5O/c1-5(14)12-6(3-9)7-8(10)13(2)4-11-7/h4H,10H2,1-2H3. The average molecular weight is 191 g/mol. The lowest BCUT2D eigenvalue weighted by Crippen LogP contribution is -2.06. The molecule has 1 aromatic heterocycles. The number of hydrogen-bond donors (Lipinski definition) is 1. The zero-order valence-corrected chi connectivity index (χ0v) is 7.85. The van der Waals surface area contributed by atoms with Crippen LogP contribution in [0.3, 0.4) is 0 Å². The van der Waals surface area contributed by atoms with E-state index in [4.69, 9.17) is 11.0 Å². The number of aryl methyl sites for hydroxylation is 1. The molecule has 0 unspecified atom stereocenters. The molecule has 0 radical (unpaired) electrons. The van der Waals surface area contributed by atoms with E-state index in [0.717, 1.165) is 0 Å². The highest BCUT2D eigenvalue weighted by molar-refractivity contribution is 6.16. The quantitative estimate of drug-likeness (QED) is 0.625. The van der Waals surface area contributed by atoms with Gasteiger partial charge in [-0.3, -0.25) is 4.79 Å². The average Bonchev–Trinajstić information content (AvgIpc) is 2.44. The minimum absolute atomic E-state index is 0.0596. The number of nitrogens with two attached hydrogens (primary N) is 1. The van der Waals surface area contributed by atoms with Crippen molar-refractivity contribution in [1.82, 2.24) is 9.55 Å². The molecule has 0 fully saturated rings. The van der Waals surface area contributed by atoms with Crippen molar-refractivity contribution in [2.45, 2.75) is 6.92 Å². The first-order chi connectivity index (χ1) is 6.56. The molecule has 0 atom stereocenters. The first kappa shape index (κ1) is 9.92. The van der Waals surface area contributed by atoms with Crippen molar-refractivity contribution < 1.29 is 4.79 Å². The van der Waals surface area contributed by atoms with Crippen molar-refractivity contribution in [3.63, 3.8) is 0 Å². The van der Waals surface area contributed by atoms with Gasteiger partial charge in [0.25, 0.3) is 0 Å². The first-order valence-electron chi connectivity index (χ1n) is 3.82. The molecule has 14 heavy (non-hydrogen) atoms.